The average Bonchev–Trinajstić information content (AvgIpc) is 3.08. The Morgan fingerprint density at radius 1 is 1.17 bits per heavy atom. The normalized spacial score (nSPS) is 18.9. The number of halogens is 2. The van der Waals surface area contributed by atoms with Crippen LogP contribution >= 0.6 is 12.4 Å². The SMILES string of the molecule is CCCCNc1ncc2c(-c3ccc(F)cc3)nn(CC3CCC(N)CC3)c2n1.Cl. The molecule has 3 aromatic rings. The lowest BCUT2D eigenvalue weighted by molar-refractivity contribution is 0.288. The summed E-state index contributed by atoms with van der Waals surface area (Å²) in [5, 5.41) is 9.07. The fourth-order valence-electron chi connectivity index (χ4n) is 3.98. The molecule has 0 atom stereocenters. The number of nitrogens with two attached hydrogens (primary N) is 1. The lowest BCUT2D eigenvalue weighted by Crippen LogP contribution is -2.28. The summed E-state index contributed by atoms with van der Waals surface area (Å²) in [7, 11) is 0. The van der Waals surface area contributed by atoms with Gasteiger partial charge in [-0.3, -0.25) is 0 Å². The van der Waals surface area contributed by atoms with Gasteiger partial charge in [0.15, 0.2) is 5.65 Å². The highest BCUT2D eigenvalue weighted by Gasteiger charge is 2.22. The molecule has 0 aliphatic heterocycles. The molecule has 1 aromatic carbocycles. The molecule has 4 rings (SSSR count). The molecule has 8 heteroatoms. The molecule has 0 amide bonds. The third kappa shape index (κ3) is 5.08. The van der Waals surface area contributed by atoms with Gasteiger partial charge in [0.05, 0.1) is 5.39 Å². The molecule has 1 fully saturated rings. The molecule has 1 aliphatic rings. The summed E-state index contributed by atoms with van der Waals surface area (Å²) in [5.74, 6) is 0.920. The van der Waals surface area contributed by atoms with E-state index in [2.05, 4.69) is 17.2 Å². The molecule has 2 aromatic heterocycles. The van der Waals surface area contributed by atoms with Crippen LogP contribution in [-0.4, -0.2) is 32.3 Å². The van der Waals surface area contributed by atoms with Gasteiger partial charge in [-0.15, -0.1) is 12.4 Å². The van der Waals surface area contributed by atoms with Crippen LogP contribution in [-0.2, 0) is 6.54 Å². The molecule has 3 N–H and O–H groups in total. The van der Waals surface area contributed by atoms with E-state index in [0.717, 1.165) is 73.9 Å². The largest absolute Gasteiger partial charge is 0.354 e. The smallest absolute Gasteiger partial charge is 0.224 e. The first-order chi connectivity index (χ1) is 14.1. The van der Waals surface area contributed by atoms with E-state index in [0.29, 0.717) is 17.9 Å². The van der Waals surface area contributed by atoms with E-state index < -0.39 is 0 Å². The summed E-state index contributed by atoms with van der Waals surface area (Å²) in [6, 6.07) is 6.77. The van der Waals surface area contributed by atoms with Crippen LogP contribution in [0.25, 0.3) is 22.3 Å². The van der Waals surface area contributed by atoms with E-state index in [1.54, 1.807) is 12.1 Å². The van der Waals surface area contributed by atoms with Crippen LogP contribution in [0.1, 0.15) is 45.4 Å². The number of benzene rings is 1. The van der Waals surface area contributed by atoms with E-state index in [4.69, 9.17) is 15.8 Å². The summed E-state index contributed by atoms with van der Waals surface area (Å²) in [6.45, 7) is 3.82. The maximum atomic E-state index is 13.4. The molecule has 6 nitrogen and oxygen atoms in total. The van der Waals surface area contributed by atoms with Gasteiger partial charge in [0.25, 0.3) is 0 Å². The molecule has 0 bridgehead atoms. The molecule has 0 radical (unpaired) electrons. The second kappa shape index (κ2) is 10.2. The highest BCUT2D eigenvalue weighted by atomic mass is 35.5. The number of hydrogen-bond donors (Lipinski definition) is 2. The number of fused-ring (bicyclic) bond motifs is 1. The van der Waals surface area contributed by atoms with Crippen molar-refractivity contribution in [3.05, 3.63) is 36.3 Å². The highest BCUT2D eigenvalue weighted by Crippen LogP contribution is 2.30. The first kappa shape index (κ1) is 22.4. The van der Waals surface area contributed by atoms with Crippen LogP contribution in [0.4, 0.5) is 10.3 Å². The Morgan fingerprint density at radius 2 is 1.90 bits per heavy atom. The number of aromatic nitrogens is 4. The molecular formula is C22H30ClFN6. The third-order valence-corrected chi connectivity index (χ3v) is 5.74. The highest BCUT2D eigenvalue weighted by molar-refractivity contribution is 5.91. The predicted octanol–water partition coefficient (Wildman–Crippen LogP) is 4.78. The number of nitrogens with zero attached hydrogens (tertiary/aromatic N) is 4. The van der Waals surface area contributed by atoms with Crippen LogP contribution in [0.3, 0.4) is 0 Å². The number of unbranched alkanes of at least 4 members (excludes halogenated alkanes) is 1. The summed E-state index contributed by atoms with van der Waals surface area (Å²) in [5.41, 5.74) is 8.57. The predicted molar refractivity (Wildman–Crippen MR) is 121 cm³/mol. The third-order valence-electron chi connectivity index (χ3n) is 5.74. The monoisotopic (exact) mass is 432 g/mol. The quantitative estimate of drug-likeness (QED) is 0.525. The molecule has 2 heterocycles. The van der Waals surface area contributed by atoms with Crippen molar-refractivity contribution in [2.75, 3.05) is 11.9 Å². The lowest BCUT2D eigenvalue weighted by atomic mass is 9.86. The van der Waals surface area contributed by atoms with Crippen LogP contribution in [0.2, 0.25) is 0 Å². The molecule has 1 saturated carbocycles. The number of anilines is 1. The van der Waals surface area contributed by atoms with Gasteiger partial charge in [-0.1, -0.05) is 13.3 Å². The van der Waals surface area contributed by atoms with Gasteiger partial charge in [-0.05, 0) is 62.3 Å². The van der Waals surface area contributed by atoms with Crippen molar-refractivity contribution in [1.82, 2.24) is 19.7 Å². The first-order valence-corrected chi connectivity index (χ1v) is 10.6. The Labute approximate surface area is 182 Å². The van der Waals surface area contributed by atoms with E-state index in [9.17, 15) is 4.39 Å². The Balaban J connectivity index is 0.00000256. The van der Waals surface area contributed by atoms with Gasteiger partial charge >= 0.3 is 0 Å². The topological polar surface area (TPSA) is 81.7 Å². The Kier molecular flexibility index (Phi) is 7.61. The van der Waals surface area contributed by atoms with Crippen LogP contribution in [0.15, 0.2) is 30.5 Å². The van der Waals surface area contributed by atoms with Crippen LogP contribution in [0.5, 0.6) is 0 Å². The van der Waals surface area contributed by atoms with Gasteiger partial charge in [-0.2, -0.15) is 10.1 Å². The molecule has 162 valence electrons. The summed E-state index contributed by atoms with van der Waals surface area (Å²) >= 11 is 0. The second-order valence-corrected chi connectivity index (χ2v) is 8.03. The molecule has 0 saturated heterocycles. The zero-order valence-electron chi connectivity index (χ0n) is 17.4. The maximum absolute atomic E-state index is 13.4. The fraction of sp³-hybridized carbons (Fsp3) is 0.500. The molecule has 1 aliphatic carbocycles. The van der Waals surface area contributed by atoms with Gasteiger partial charge < -0.3 is 11.1 Å². The average molecular weight is 433 g/mol. The first-order valence-electron chi connectivity index (χ1n) is 10.6. The zero-order valence-corrected chi connectivity index (χ0v) is 18.2. The fourth-order valence-corrected chi connectivity index (χ4v) is 3.98. The standard InChI is InChI=1S/C22H29FN6.ClH/c1-2-3-12-25-22-26-13-19-20(16-6-8-17(23)9-7-16)28-29(21(19)27-22)14-15-4-10-18(24)11-5-15;/h6-9,13,15,18H,2-5,10-12,14,24H2,1H3,(H,25,26,27);1H. The Bertz CT molecular complexity index is 950. The Hall–Kier alpha value is -2.25. The van der Waals surface area contributed by atoms with Crippen molar-refractivity contribution in [1.29, 1.82) is 0 Å². The van der Waals surface area contributed by atoms with Crippen molar-refractivity contribution in [2.45, 2.75) is 58.0 Å². The van der Waals surface area contributed by atoms with Crippen LogP contribution < -0.4 is 11.1 Å². The van der Waals surface area contributed by atoms with Gasteiger partial charge in [0.2, 0.25) is 5.95 Å². The van der Waals surface area contributed by atoms with E-state index >= 15 is 0 Å². The number of rotatable bonds is 7. The maximum Gasteiger partial charge on any atom is 0.224 e. The van der Waals surface area contributed by atoms with Gasteiger partial charge in [0.1, 0.15) is 11.5 Å². The van der Waals surface area contributed by atoms with E-state index in [-0.39, 0.29) is 18.2 Å². The molecule has 0 spiro atoms. The minimum atomic E-state index is -0.255. The van der Waals surface area contributed by atoms with Gasteiger partial charge in [0, 0.05) is 30.9 Å². The minimum Gasteiger partial charge on any atom is -0.354 e. The molecule has 30 heavy (non-hydrogen) atoms. The summed E-state index contributed by atoms with van der Waals surface area (Å²) in [4.78, 5) is 9.26. The molecule has 0 unspecified atom stereocenters. The number of hydrogen-bond acceptors (Lipinski definition) is 5. The number of nitrogens with one attached hydrogen (secondary N) is 1. The van der Waals surface area contributed by atoms with Crippen molar-refractivity contribution in [3.63, 3.8) is 0 Å². The van der Waals surface area contributed by atoms with Gasteiger partial charge in [-0.25, -0.2) is 14.1 Å². The Morgan fingerprint density at radius 3 is 2.60 bits per heavy atom. The summed E-state index contributed by atoms with van der Waals surface area (Å²) in [6.07, 6.45) is 8.37. The zero-order chi connectivity index (χ0) is 20.2. The van der Waals surface area contributed by atoms with E-state index in [1.165, 1.54) is 12.1 Å². The lowest BCUT2D eigenvalue weighted by Gasteiger charge is -2.25. The van der Waals surface area contributed by atoms with Crippen molar-refractivity contribution in [3.8, 4) is 11.3 Å². The van der Waals surface area contributed by atoms with Crippen molar-refractivity contribution >= 4 is 29.4 Å². The second-order valence-electron chi connectivity index (χ2n) is 8.03. The van der Waals surface area contributed by atoms with Crippen LogP contribution in [0, 0.1) is 11.7 Å². The molecular weight excluding hydrogens is 403 g/mol. The van der Waals surface area contributed by atoms with E-state index in [1.807, 2.05) is 10.9 Å². The van der Waals surface area contributed by atoms with Crippen molar-refractivity contribution < 1.29 is 4.39 Å². The summed E-state index contributed by atoms with van der Waals surface area (Å²) < 4.78 is 15.4. The van der Waals surface area contributed by atoms with Crippen molar-refractivity contribution in [2.24, 2.45) is 11.7 Å². The minimum absolute atomic E-state index is 0.